The van der Waals surface area contributed by atoms with Gasteiger partial charge in [-0.3, -0.25) is 9.59 Å². The van der Waals surface area contributed by atoms with Gasteiger partial charge in [-0.2, -0.15) is 0 Å². The number of rotatable bonds is 5. The van der Waals surface area contributed by atoms with Crippen molar-refractivity contribution in [2.24, 2.45) is 0 Å². The summed E-state index contributed by atoms with van der Waals surface area (Å²) >= 11 is 11.9. The summed E-state index contributed by atoms with van der Waals surface area (Å²) in [4.78, 5) is 33.2. The quantitative estimate of drug-likeness (QED) is 0.276. The summed E-state index contributed by atoms with van der Waals surface area (Å²) < 4.78 is 0. The van der Waals surface area contributed by atoms with E-state index in [-0.39, 0.29) is 17.9 Å². The van der Waals surface area contributed by atoms with Crippen LogP contribution < -0.4 is 10.6 Å². The molecule has 1 aliphatic rings. The highest BCUT2D eigenvalue weighted by Gasteiger charge is 2.17. The maximum atomic E-state index is 12.7. The third-order valence-electron chi connectivity index (χ3n) is 6.28. The predicted octanol–water partition coefficient (Wildman–Crippen LogP) is 6.85. The molecule has 5 rings (SSSR count). The number of benzene rings is 3. The van der Waals surface area contributed by atoms with Crippen molar-refractivity contribution in [3.63, 3.8) is 0 Å². The van der Waals surface area contributed by atoms with E-state index < -0.39 is 0 Å². The fraction of sp³-hybridized carbons (Fsp3) is 0.222. The number of halogens is 2. The topological polar surface area (TPSA) is 86.9 Å². The molecule has 4 aromatic rings. The van der Waals surface area contributed by atoms with Gasteiger partial charge in [0.25, 0.3) is 11.8 Å². The summed E-state index contributed by atoms with van der Waals surface area (Å²) in [6, 6.07) is 17.9. The normalized spacial score (nSPS) is 14.1. The Morgan fingerprint density at radius 3 is 2.29 bits per heavy atom. The molecule has 0 spiro atoms. The molecular weight excluding hydrogens is 483 g/mol. The molecule has 8 heteroatoms. The maximum absolute atomic E-state index is 12.7. The van der Waals surface area contributed by atoms with Gasteiger partial charge in [0.15, 0.2) is 0 Å². The fourth-order valence-electron chi connectivity index (χ4n) is 4.35. The zero-order valence-electron chi connectivity index (χ0n) is 18.9. The van der Waals surface area contributed by atoms with Gasteiger partial charge in [0.2, 0.25) is 0 Å². The van der Waals surface area contributed by atoms with Crippen LogP contribution in [-0.4, -0.2) is 27.8 Å². The maximum Gasteiger partial charge on any atom is 0.255 e. The van der Waals surface area contributed by atoms with Crippen molar-refractivity contribution in [2.75, 3.05) is 5.32 Å². The molecule has 178 valence electrons. The third kappa shape index (κ3) is 5.34. The first-order chi connectivity index (χ1) is 17.0. The first kappa shape index (κ1) is 23.4. The number of amides is 2. The van der Waals surface area contributed by atoms with E-state index in [1.54, 1.807) is 24.3 Å². The first-order valence-electron chi connectivity index (χ1n) is 11.6. The Morgan fingerprint density at radius 1 is 0.829 bits per heavy atom. The number of anilines is 1. The second-order valence-corrected chi connectivity index (χ2v) is 9.60. The number of fused-ring (bicyclic) bond motifs is 1. The van der Waals surface area contributed by atoms with E-state index in [4.69, 9.17) is 23.2 Å². The number of carbonyl (C=O) groups excluding carboxylic acids is 2. The second-order valence-electron chi connectivity index (χ2n) is 8.79. The van der Waals surface area contributed by atoms with Gasteiger partial charge in [-0.25, -0.2) is 4.98 Å². The van der Waals surface area contributed by atoms with Gasteiger partial charge >= 0.3 is 0 Å². The Hall–Kier alpha value is -3.35. The number of nitrogens with one attached hydrogen (secondary N) is 3. The minimum Gasteiger partial charge on any atom is -0.349 e. The largest absolute Gasteiger partial charge is 0.349 e. The summed E-state index contributed by atoms with van der Waals surface area (Å²) in [6.45, 7) is 0. The van der Waals surface area contributed by atoms with Crippen LogP contribution in [0.15, 0.2) is 60.7 Å². The molecule has 1 fully saturated rings. The van der Waals surface area contributed by atoms with Crippen LogP contribution in [0.25, 0.3) is 22.4 Å². The lowest BCUT2D eigenvalue weighted by Gasteiger charge is -2.22. The van der Waals surface area contributed by atoms with E-state index in [1.807, 2.05) is 30.3 Å². The van der Waals surface area contributed by atoms with Gasteiger partial charge in [-0.15, -0.1) is 0 Å². The summed E-state index contributed by atoms with van der Waals surface area (Å²) in [5.41, 5.74) is 4.12. The average Bonchev–Trinajstić information content (AvgIpc) is 3.30. The summed E-state index contributed by atoms with van der Waals surface area (Å²) in [7, 11) is 0. The fourth-order valence-corrected chi connectivity index (χ4v) is 4.65. The molecule has 6 nitrogen and oxygen atoms in total. The molecule has 3 N–H and O–H groups in total. The highest BCUT2D eigenvalue weighted by molar-refractivity contribution is 6.42. The molecule has 1 aromatic heterocycles. The molecule has 3 aromatic carbocycles. The molecule has 1 aliphatic carbocycles. The van der Waals surface area contributed by atoms with Crippen molar-refractivity contribution in [3.8, 4) is 11.4 Å². The zero-order valence-corrected chi connectivity index (χ0v) is 20.4. The van der Waals surface area contributed by atoms with Crippen molar-refractivity contribution in [1.29, 1.82) is 0 Å². The molecule has 1 saturated carbocycles. The highest BCUT2D eigenvalue weighted by Crippen LogP contribution is 2.25. The van der Waals surface area contributed by atoms with Gasteiger partial charge in [0.1, 0.15) is 5.82 Å². The minimum atomic E-state index is -0.279. The Morgan fingerprint density at radius 2 is 1.54 bits per heavy atom. The number of hydrogen-bond acceptors (Lipinski definition) is 3. The lowest BCUT2D eigenvalue weighted by atomic mass is 9.95. The van der Waals surface area contributed by atoms with E-state index in [2.05, 4.69) is 20.6 Å². The number of H-pyrrole nitrogens is 1. The van der Waals surface area contributed by atoms with Crippen molar-refractivity contribution < 1.29 is 9.59 Å². The van der Waals surface area contributed by atoms with Crippen LogP contribution in [0.5, 0.6) is 0 Å². The Labute approximate surface area is 213 Å². The number of carbonyl (C=O) groups is 2. The van der Waals surface area contributed by atoms with Gasteiger partial charge in [-0.1, -0.05) is 42.5 Å². The van der Waals surface area contributed by atoms with Crippen LogP contribution >= 0.6 is 23.2 Å². The highest BCUT2D eigenvalue weighted by atomic mass is 35.5. The Balaban J connectivity index is 1.28. The predicted molar refractivity (Wildman–Crippen MR) is 140 cm³/mol. The van der Waals surface area contributed by atoms with Crippen LogP contribution in [0.4, 0.5) is 5.69 Å². The smallest absolute Gasteiger partial charge is 0.255 e. The van der Waals surface area contributed by atoms with Gasteiger partial charge in [0, 0.05) is 28.4 Å². The number of aromatic nitrogens is 2. The lowest BCUT2D eigenvalue weighted by Crippen LogP contribution is -2.36. The van der Waals surface area contributed by atoms with Gasteiger partial charge in [-0.05, 0) is 73.5 Å². The summed E-state index contributed by atoms with van der Waals surface area (Å²) in [5.74, 6) is 0.358. The standard InChI is InChI=1S/C27H24Cl2N4O2/c28-21-12-8-17(14-22(21)29)26(34)31-20-10-6-16(7-11-20)25-32-23-13-9-18(15-24(23)33-25)27(35)30-19-4-2-1-3-5-19/h6-15,19H,1-5H2,(H,30,35)(H,31,34)(H,32,33). The van der Waals surface area contributed by atoms with E-state index in [9.17, 15) is 9.59 Å². The molecule has 0 saturated heterocycles. The molecule has 0 radical (unpaired) electrons. The molecule has 0 unspecified atom stereocenters. The van der Waals surface area contributed by atoms with Crippen molar-refractivity contribution >= 4 is 51.7 Å². The molecule has 0 aliphatic heterocycles. The van der Waals surface area contributed by atoms with E-state index in [0.717, 1.165) is 29.4 Å². The molecular formula is C27H24Cl2N4O2. The SMILES string of the molecule is O=C(Nc1ccc(-c2nc3cc(C(=O)NC4CCCCC4)ccc3[nH]2)cc1)c1ccc(Cl)c(Cl)c1. The second kappa shape index (κ2) is 10.1. The van der Waals surface area contributed by atoms with Crippen LogP contribution in [0.3, 0.4) is 0 Å². The van der Waals surface area contributed by atoms with Crippen LogP contribution in [-0.2, 0) is 0 Å². The van der Waals surface area contributed by atoms with Crippen LogP contribution in [0.1, 0.15) is 52.8 Å². The molecule has 0 atom stereocenters. The molecule has 35 heavy (non-hydrogen) atoms. The molecule has 0 bridgehead atoms. The van der Waals surface area contributed by atoms with E-state index >= 15 is 0 Å². The summed E-state index contributed by atoms with van der Waals surface area (Å²) in [5, 5.41) is 6.73. The Bertz CT molecular complexity index is 1390. The van der Waals surface area contributed by atoms with Crippen LogP contribution in [0.2, 0.25) is 10.0 Å². The number of aromatic amines is 1. The van der Waals surface area contributed by atoms with Gasteiger partial charge in [0.05, 0.1) is 21.1 Å². The monoisotopic (exact) mass is 506 g/mol. The van der Waals surface area contributed by atoms with Crippen molar-refractivity contribution in [3.05, 3.63) is 81.8 Å². The first-order valence-corrected chi connectivity index (χ1v) is 12.4. The average molecular weight is 507 g/mol. The molecule has 1 heterocycles. The number of imidazole rings is 1. The van der Waals surface area contributed by atoms with Crippen LogP contribution in [0, 0.1) is 0 Å². The minimum absolute atomic E-state index is 0.0505. The van der Waals surface area contributed by atoms with Crippen molar-refractivity contribution in [1.82, 2.24) is 15.3 Å². The zero-order chi connectivity index (χ0) is 24.4. The van der Waals surface area contributed by atoms with E-state index in [1.165, 1.54) is 25.3 Å². The van der Waals surface area contributed by atoms with Gasteiger partial charge < -0.3 is 15.6 Å². The van der Waals surface area contributed by atoms with Crippen molar-refractivity contribution in [2.45, 2.75) is 38.1 Å². The summed E-state index contributed by atoms with van der Waals surface area (Å²) in [6.07, 6.45) is 5.68. The Kier molecular flexibility index (Phi) is 6.75. The third-order valence-corrected chi connectivity index (χ3v) is 7.02. The van der Waals surface area contributed by atoms with E-state index in [0.29, 0.717) is 32.7 Å². The number of hydrogen-bond donors (Lipinski definition) is 3. The lowest BCUT2D eigenvalue weighted by molar-refractivity contribution is 0.0927. The molecule has 2 amide bonds. The number of nitrogens with zero attached hydrogens (tertiary/aromatic N) is 1.